The molecule has 1 unspecified atom stereocenters. The number of piperidine rings is 1. The highest BCUT2D eigenvalue weighted by molar-refractivity contribution is 5.83. The van der Waals surface area contributed by atoms with E-state index in [4.69, 9.17) is 4.42 Å². The van der Waals surface area contributed by atoms with Gasteiger partial charge in [0.25, 0.3) is 0 Å². The highest BCUT2D eigenvalue weighted by Gasteiger charge is 2.46. The highest BCUT2D eigenvalue weighted by atomic mass is 16.4. The molecule has 2 aliphatic carbocycles. The maximum Gasteiger partial charge on any atom is 0.316 e. The van der Waals surface area contributed by atoms with Crippen LogP contribution in [0.1, 0.15) is 62.3 Å². The second kappa shape index (κ2) is 6.36. The molecule has 1 N–H and O–H groups in total. The lowest BCUT2D eigenvalue weighted by Gasteiger charge is -2.33. The van der Waals surface area contributed by atoms with Crippen LogP contribution >= 0.6 is 0 Å². The number of nitrogens with one attached hydrogen (secondary N) is 1. The number of amides is 1. The average molecular weight is 366 g/mol. The third-order valence-corrected chi connectivity index (χ3v) is 6.58. The Morgan fingerprint density at radius 2 is 1.89 bits per heavy atom. The zero-order valence-corrected chi connectivity index (χ0v) is 15.7. The lowest BCUT2D eigenvalue weighted by atomic mass is 9.93. The zero-order chi connectivity index (χ0) is 18.4. The smallest absolute Gasteiger partial charge is 0.316 e. The fraction of sp³-hybridized carbons (Fsp3) is 0.571. The first-order valence-corrected chi connectivity index (χ1v) is 10.1. The molecule has 5 rings (SSSR count). The molecule has 1 aromatic heterocycles. The van der Waals surface area contributed by atoms with Gasteiger partial charge in [-0.05, 0) is 55.9 Å². The number of likely N-dealkylation sites (tertiary alicyclic amines) is 1. The van der Waals surface area contributed by atoms with Gasteiger partial charge in [-0.1, -0.05) is 35.4 Å². The van der Waals surface area contributed by atoms with Crippen molar-refractivity contribution in [1.82, 2.24) is 15.1 Å². The van der Waals surface area contributed by atoms with Gasteiger partial charge in [0.05, 0.1) is 0 Å². The lowest BCUT2D eigenvalue weighted by molar-refractivity contribution is -0.133. The van der Waals surface area contributed by atoms with E-state index in [1.54, 1.807) is 0 Å². The Balaban J connectivity index is 1.17. The van der Waals surface area contributed by atoms with Crippen LogP contribution in [-0.4, -0.2) is 40.1 Å². The van der Waals surface area contributed by atoms with Crippen molar-refractivity contribution in [2.75, 3.05) is 18.4 Å². The number of carbonyl (C=O) groups is 1. The number of aromatic nitrogens is 2. The molecule has 1 saturated heterocycles. The maximum absolute atomic E-state index is 12.7. The predicted octanol–water partition coefficient (Wildman–Crippen LogP) is 3.54. The number of rotatable bonds is 5. The summed E-state index contributed by atoms with van der Waals surface area (Å²) in [4.78, 5) is 14.7. The van der Waals surface area contributed by atoms with Crippen LogP contribution in [0.5, 0.6) is 0 Å². The number of hydrogen-bond acceptors (Lipinski definition) is 5. The summed E-state index contributed by atoms with van der Waals surface area (Å²) in [6, 6.07) is 10.4. The molecule has 3 atom stereocenters. The number of nitrogens with zero attached hydrogens (tertiary/aromatic N) is 3. The van der Waals surface area contributed by atoms with Crippen LogP contribution in [0.15, 0.2) is 34.7 Å². The molecule has 1 spiro atoms. The van der Waals surface area contributed by atoms with E-state index in [2.05, 4.69) is 39.8 Å². The predicted molar refractivity (Wildman–Crippen MR) is 101 cm³/mol. The third-order valence-electron chi connectivity index (χ3n) is 6.58. The van der Waals surface area contributed by atoms with Crippen LogP contribution in [-0.2, 0) is 4.79 Å². The van der Waals surface area contributed by atoms with Crippen molar-refractivity contribution < 1.29 is 9.21 Å². The van der Waals surface area contributed by atoms with Crippen LogP contribution in [0.3, 0.4) is 0 Å². The summed E-state index contributed by atoms with van der Waals surface area (Å²) >= 11 is 0. The van der Waals surface area contributed by atoms with E-state index < -0.39 is 0 Å². The van der Waals surface area contributed by atoms with Crippen molar-refractivity contribution in [2.24, 2.45) is 5.41 Å². The second-order valence-corrected chi connectivity index (χ2v) is 8.50. The Morgan fingerprint density at radius 3 is 2.59 bits per heavy atom. The molecule has 0 bridgehead atoms. The monoisotopic (exact) mass is 366 g/mol. The van der Waals surface area contributed by atoms with Gasteiger partial charge in [0, 0.05) is 19.0 Å². The quantitative estimate of drug-likeness (QED) is 0.876. The van der Waals surface area contributed by atoms with Gasteiger partial charge >= 0.3 is 6.01 Å². The summed E-state index contributed by atoms with van der Waals surface area (Å²) in [6.07, 6.45) is 6.03. The fourth-order valence-corrected chi connectivity index (χ4v) is 4.38. The number of anilines is 1. The van der Waals surface area contributed by atoms with E-state index in [0.717, 1.165) is 32.4 Å². The number of benzene rings is 1. The summed E-state index contributed by atoms with van der Waals surface area (Å²) in [5, 5.41) is 11.4. The molecular formula is C21H26N4O2. The van der Waals surface area contributed by atoms with Crippen LogP contribution in [0.4, 0.5) is 6.01 Å². The lowest BCUT2D eigenvalue weighted by Crippen LogP contribution is -2.45. The van der Waals surface area contributed by atoms with Gasteiger partial charge in [-0.15, -0.1) is 5.10 Å². The molecule has 1 aromatic carbocycles. The van der Waals surface area contributed by atoms with E-state index in [1.165, 1.54) is 18.4 Å². The molecule has 3 aliphatic rings. The van der Waals surface area contributed by atoms with Crippen molar-refractivity contribution in [2.45, 2.75) is 56.9 Å². The molecule has 1 aliphatic heterocycles. The normalized spacial score (nSPS) is 26.6. The summed E-state index contributed by atoms with van der Waals surface area (Å²) in [5.41, 5.74) is 1.89. The summed E-state index contributed by atoms with van der Waals surface area (Å²) < 4.78 is 5.81. The van der Waals surface area contributed by atoms with Gasteiger partial charge in [-0.3, -0.25) is 4.79 Å². The molecule has 6 heteroatoms. The van der Waals surface area contributed by atoms with Gasteiger partial charge in [0.1, 0.15) is 6.04 Å². The van der Waals surface area contributed by atoms with E-state index in [1.807, 2.05) is 17.9 Å². The standard InChI is InChI=1S/C21H26N4O2/c1-14(19(26)25-11-9-21(7-8-21)10-12-25)22-20-24-23-18(27-20)17-13-16(17)15-5-3-2-4-6-15/h2-6,14,16-17H,7-13H2,1H3,(H,22,24)/t14?,16-,17+/m0/s1. The minimum Gasteiger partial charge on any atom is -0.408 e. The molecule has 2 aromatic rings. The Labute approximate surface area is 159 Å². The third kappa shape index (κ3) is 3.33. The zero-order valence-electron chi connectivity index (χ0n) is 15.7. The molecule has 0 radical (unpaired) electrons. The van der Waals surface area contributed by atoms with Gasteiger partial charge in [0.15, 0.2) is 0 Å². The maximum atomic E-state index is 12.7. The number of carbonyl (C=O) groups excluding carboxylic acids is 1. The Morgan fingerprint density at radius 1 is 1.15 bits per heavy atom. The summed E-state index contributed by atoms with van der Waals surface area (Å²) in [7, 11) is 0. The molecule has 1 amide bonds. The van der Waals surface area contributed by atoms with Crippen molar-refractivity contribution in [3.05, 3.63) is 41.8 Å². The first-order valence-electron chi connectivity index (χ1n) is 10.1. The molecule has 3 fully saturated rings. The van der Waals surface area contributed by atoms with Crippen molar-refractivity contribution in [3.8, 4) is 0 Å². The highest BCUT2D eigenvalue weighted by Crippen LogP contribution is 2.54. The molecule has 27 heavy (non-hydrogen) atoms. The molecule has 142 valence electrons. The van der Waals surface area contributed by atoms with E-state index >= 15 is 0 Å². The van der Waals surface area contributed by atoms with E-state index in [0.29, 0.717) is 29.2 Å². The van der Waals surface area contributed by atoms with Gasteiger partial charge in [-0.2, -0.15) is 0 Å². The number of hydrogen-bond donors (Lipinski definition) is 1. The molecule has 6 nitrogen and oxygen atoms in total. The average Bonchev–Trinajstić information content (AvgIpc) is 3.61. The van der Waals surface area contributed by atoms with Gasteiger partial charge in [-0.25, -0.2) is 0 Å². The largest absolute Gasteiger partial charge is 0.408 e. The topological polar surface area (TPSA) is 71.3 Å². The minimum atomic E-state index is -0.351. The van der Waals surface area contributed by atoms with Crippen LogP contribution in [0.25, 0.3) is 0 Å². The van der Waals surface area contributed by atoms with Crippen molar-refractivity contribution in [1.29, 1.82) is 0 Å². The first-order chi connectivity index (χ1) is 13.1. The SMILES string of the molecule is CC(Nc1nnc([C@@H]2C[C@H]2c2ccccc2)o1)C(=O)N1CCC2(CC1)CC2. The van der Waals surface area contributed by atoms with Crippen LogP contribution in [0, 0.1) is 5.41 Å². The molecule has 2 heterocycles. The van der Waals surface area contributed by atoms with E-state index in [9.17, 15) is 4.79 Å². The molecular weight excluding hydrogens is 340 g/mol. The van der Waals surface area contributed by atoms with Crippen LogP contribution in [0.2, 0.25) is 0 Å². The summed E-state index contributed by atoms with van der Waals surface area (Å²) in [5.74, 6) is 1.54. The van der Waals surface area contributed by atoms with Gasteiger partial charge < -0.3 is 14.6 Å². The fourth-order valence-electron chi connectivity index (χ4n) is 4.38. The van der Waals surface area contributed by atoms with Gasteiger partial charge in [0.2, 0.25) is 11.8 Å². The van der Waals surface area contributed by atoms with E-state index in [-0.39, 0.29) is 11.9 Å². The summed E-state index contributed by atoms with van der Waals surface area (Å²) in [6.45, 7) is 3.62. The molecule has 2 saturated carbocycles. The first kappa shape index (κ1) is 16.8. The van der Waals surface area contributed by atoms with Crippen LogP contribution < -0.4 is 5.32 Å². The Bertz CT molecular complexity index is 820. The second-order valence-electron chi connectivity index (χ2n) is 8.50. The minimum absolute atomic E-state index is 0.124. The Hall–Kier alpha value is -2.37. The van der Waals surface area contributed by atoms with Crippen molar-refractivity contribution >= 4 is 11.9 Å². The Kier molecular flexibility index (Phi) is 3.95. The van der Waals surface area contributed by atoms with Crippen molar-refractivity contribution in [3.63, 3.8) is 0 Å².